The van der Waals surface area contributed by atoms with Gasteiger partial charge in [-0.1, -0.05) is 36.8 Å². The van der Waals surface area contributed by atoms with E-state index in [9.17, 15) is 9.59 Å². The number of aryl methyl sites for hydroxylation is 1. The maximum Gasteiger partial charge on any atom is 0.317 e. The van der Waals surface area contributed by atoms with Crippen molar-refractivity contribution in [2.45, 2.75) is 20.3 Å². The molecule has 0 aliphatic rings. The van der Waals surface area contributed by atoms with Crippen molar-refractivity contribution in [2.75, 3.05) is 20.1 Å². The Labute approximate surface area is 119 Å². The first-order chi connectivity index (χ1) is 9.40. The number of carboxylic acids is 1. The topological polar surface area (TPSA) is 69.6 Å². The van der Waals surface area contributed by atoms with E-state index in [1.54, 1.807) is 14.0 Å². The molecule has 0 radical (unpaired) electrons. The predicted octanol–water partition coefficient (Wildman–Crippen LogP) is 1.90. The molecule has 5 nitrogen and oxygen atoms in total. The van der Waals surface area contributed by atoms with Crippen molar-refractivity contribution in [1.82, 2.24) is 10.2 Å². The normalized spacial score (nSPS) is 11.8. The largest absolute Gasteiger partial charge is 0.481 e. The highest BCUT2D eigenvalue weighted by molar-refractivity contribution is 5.75. The molecule has 0 fully saturated rings. The molecular weight excluding hydrogens is 256 g/mol. The van der Waals surface area contributed by atoms with E-state index in [1.165, 1.54) is 10.5 Å². The zero-order valence-corrected chi connectivity index (χ0v) is 12.2. The number of hydrogen-bond acceptors (Lipinski definition) is 2. The summed E-state index contributed by atoms with van der Waals surface area (Å²) in [7, 11) is 1.60. The fourth-order valence-corrected chi connectivity index (χ4v) is 1.78. The summed E-state index contributed by atoms with van der Waals surface area (Å²) in [6, 6.07) is 7.91. The molecule has 2 amide bonds. The molecule has 2 N–H and O–H groups in total. The Balaban J connectivity index is 2.32. The number of carbonyl (C=O) groups excluding carboxylic acids is 1. The molecule has 20 heavy (non-hydrogen) atoms. The van der Waals surface area contributed by atoms with Crippen molar-refractivity contribution in [2.24, 2.45) is 5.92 Å². The first-order valence-corrected chi connectivity index (χ1v) is 6.67. The van der Waals surface area contributed by atoms with Crippen LogP contribution in [0.4, 0.5) is 4.79 Å². The summed E-state index contributed by atoms with van der Waals surface area (Å²) in [6.45, 7) is 4.35. The first-order valence-electron chi connectivity index (χ1n) is 6.67. The van der Waals surface area contributed by atoms with Gasteiger partial charge in [-0.05, 0) is 18.9 Å². The number of urea groups is 1. The van der Waals surface area contributed by atoms with Gasteiger partial charge in [0.25, 0.3) is 0 Å². The fraction of sp³-hybridized carbons (Fsp3) is 0.467. The van der Waals surface area contributed by atoms with Crippen LogP contribution in [-0.4, -0.2) is 42.1 Å². The maximum absolute atomic E-state index is 11.8. The minimum Gasteiger partial charge on any atom is -0.481 e. The number of carboxylic acid groups (broad SMARTS) is 1. The molecular formula is C15H22N2O3. The highest BCUT2D eigenvalue weighted by Gasteiger charge is 2.16. The lowest BCUT2D eigenvalue weighted by Gasteiger charge is -2.20. The Hall–Kier alpha value is -2.04. The van der Waals surface area contributed by atoms with Crippen molar-refractivity contribution in [1.29, 1.82) is 0 Å². The summed E-state index contributed by atoms with van der Waals surface area (Å²) >= 11 is 0. The SMILES string of the molecule is Cc1ccc(CCNC(=O)N(C)CC(C)C(=O)O)cc1. The molecule has 0 spiro atoms. The highest BCUT2D eigenvalue weighted by atomic mass is 16.4. The summed E-state index contributed by atoms with van der Waals surface area (Å²) in [5.41, 5.74) is 2.37. The number of aliphatic carboxylic acids is 1. The molecule has 1 atom stereocenters. The van der Waals surface area contributed by atoms with E-state index in [1.807, 2.05) is 31.2 Å². The van der Waals surface area contributed by atoms with Gasteiger partial charge in [-0.15, -0.1) is 0 Å². The van der Waals surface area contributed by atoms with Crippen LogP contribution in [0.15, 0.2) is 24.3 Å². The molecule has 110 valence electrons. The second-order valence-electron chi connectivity index (χ2n) is 5.09. The Morgan fingerprint density at radius 2 is 1.90 bits per heavy atom. The molecule has 0 saturated carbocycles. The minimum atomic E-state index is -0.899. The van der Waals surface area contributed by atoms with Gasteiger partial charge >= 0.3 is 12.0 Å². The van der Waals surface area contributed by atoms with Crippen LogP contribution in [0.5, 0.6) is 0 Å². The lowest BCUT2D eigenvalue weighted by atomic mass is 10.1. The quantitative estimate of drug-likeness (QED) is 0.835. The number of amides is 2. The molecule has 0 heterocycles. The molecule has 1 aromatic rings. The molecule has 0 aromatic heterocycles. The summed E-state index contributed by atoms with van der Waals surface area (Å²) in [4.78, 5) is 23.9. The third kappa shape index (κ3) is 5.30. The van der Waals surface area contributed by atoms with Crippen LogP contribution in [0.25, 0.3) is 0 Å². The van der Waals surface area contributed by atoms with Gasteiger partial charge in [0.2, 0.25) is 0 Å². The van der Waals surface area contributed by atoms with Crippen LogP contribution in [-0.2, 0) is 11.2 Å². The number of carbonyl (C=O) groups is 2. The average Bonchev–Trinajstić information content (AvgIpc) is 2.40. The second-order valence-corrected chi connectivity index (χ2v) is 5.09. The molecule has 1 aromatic carbocycles. The monoisotopic (exact) mass is 278 g/mol. The number of hydrogen-bond donors (Lipinski definition) is 2. The van der Waals surface area contributed by atoms with Crippen LogP contribution in [0.1, 0.15) is 18.1 Å². The van der Waals surface area contributed by atoms with Gasteiger partial charge in [0, 0.05) is 20.1 Å². The average molecular weight is 278 g/mol. The Morgan fingerprint density at radius 3 is 2.45 bits per heavy atom. The fourth-order valence-electron chi connectivity index (χ4n) is 1.78. The van der Waals surface area contributed by atoms with Gasteiger partial charge < -0.3 is 15.3 Å². The van der Waals surface area contributed by atoms with Crippen LogP contribution >= 0.6 is 0 Å². The zero-order valence-electron chi connectivity index (χ0n) is 12.2. The highest BCUT2D eigenvalue weighted by Crippen LogP contribution is 2.03. The lowest BCUT2D eigenvalue weighted by Crippen LogP contribution is -2.41. The van der Waals surface area contributed by atoms with Gasteiger partial charge in [-0.25, -0.2) is 4.79 Å². The Kier molecular flexibility index (Phi) is 6.03. The molecule has 0 aliphatic heterocycles. The van der Waals surface area contributed by atoms with Gasteiger partial charge in [-0.3, -0.25) is 4.79 Å². The second kappa shape index (κ2) is 7.53. The Morgan fingerprint density at radius 1 is 1.30 bits per heavy atom. The predicted molar refractivity (Wildman–Crippen MR) is 77.7 cm³/mol. The van der Waals surface area contributed by atoms with E-state index in [0.29, 0.717) is 6.54 Å². The molecule has 0 bridgehead atoms. The molecule has 0 aliphatic carbocycles. The van der Waals surface area contributed by atoms with E-state index >= 15 is 0 Å². The molecule has 5 heteroatoms. The smallest absolute Gasteiger partial charge is 0.317 e. The molecule has 0 saturated heterocycles. The van der Waals surface area contributed by atoms with Gasteiger partial charge in [0.1, 0.15) is 0 Å². The molecule has 1 unspecified atom stereocenters. The molecule has 1 rings (SSSR count). The zero-order chi connectivity index (χ0) is 15.1. The number of benzene rings is 1. The van der Waals surface area contributed by atoms with E-state index in [4.69, 9.17) is 5.11 Å². The van der Waals surface area contributed by atoms with Crippen molar-refractivity contribution in [3.8, 4) is 0 Å². The minimum absolute atomic E-state index is 0.200. The third-order valence-electron chi connectivity index (χ3n) is 3.13. The summed E-state index contributed by atoms with van der Waals surface area (Å²) in [5, 5.41) is 11.6. The number of nitrogens with zero attached hydrogens (tertiary/aromatic N) is 1. The van der Waals surface area contributed by atoms with Gasteiger partial charge in [-0.2, -0.15) is 0 Å². The van der Waals surface area contributed by atoms with E-state index in [-0.39, 0.29) is 12.6 Å². The van der Waals surface area contributed by atoms with Gasteiger partial charge in [0.15, 0.2) is 0 Å². The van der Waals surface area contributed by atoms with Crippen LogP contribution in [0.3, 0.4) is 0 Å². The maximum atomic E-state index is 11.8. The summed E-state index contributed by atoms with van der Waals surface area (Å²) < 4.78 is 0. The van der Waals surface area contributed by atoms with E-state index in [2.05, 4.69) is 5.32 Å². The summed E-state index contributed by atoms with van der Waals surface area (Å²) in [5.74, 6) is -1.47. The number of nitrogens with one attached hydrogen (secondary N) is 1. The standard InChI is InChI=1S/C15H22N2O3/c1-11-4-6-13(7-5-11)8-9-16-15(20)17(3)10-12(2)14(18)19/h4-7,12H,8-10H2,1-3H3,(H,16,20)(H,18,19). The lowest BCUT2D eigenvalue weighted by molar-refractivity contribution is -0.141. The van der Waals surface area contributed by atoms with Crippen LogP contribution in [0, 0.1) is 12.8 Å². The van der Waals surface area contributed by atoms with Crippen LogP contribution < -0.4 is 5.32 Å². The van der Waals surface area contributed by atoms with Crippen molar-refractivity contribution in [3.05, 3.63) is 35.4 Å². The van der Waals surface area contributed by atoms with Crippen LogP contribution in [0.2, 0.25) is 0 Å². The van der Waals surface area contributed by atoms with Crippen molar-refractivity contribution in [3.63, 3.8) is 0 Å². The number of rotatable bonds is 6. The summed E-state index contributed by atoms with van der Waals surface area (Å²) in [6.07, 6.45) is 0.758. The first kappa shape index (κ1) is 16.0. The van der Waals surface area contributed by atoms with E-state index < -0.39 is 11.9 Å². The third-order valence-corrected chi connectivity index (χ3v) is 3.13. The van der Waals surface area contributed by atoms with Gasteiger partial charge in [0.05, 0.1) is 5.92 Å². The Bertz CT molecular complexity index is 457. The van der Waals surface area contributed by atoms with Crippen molar-refractivity contribution >= 4 is 12.0 Å². The van der Waals surface area contributed by atoms with Crippen molar-refractivity contribution < 1.29 is 14.7 Å². The van der Waals surface area contributed by atoms with E-state index in [0.717, 1.165) is 12.0 Å².